The molecular weight excluding hydrogens is 452 g/mol. The molecular formula is C22H39BrN2O5. The Balaban J connectivity index is 0.000000311. The number of carbonyl (C=O) groups excluding carboxylic acids is 3. The van der Waals surface area contributed by atoms with E-state index >= 15 is 0 Å². The van der Waals surface area contributed by atoms with Crippen molar-refractivity contribution in [2.45, 2.75) is 78.4 Å². The predicted octanol–water partition coefficient (Wildman–Crippen LogP) is 3.29. The average Bonchev–Trinajstić information content (AvgIpc) is 2.66. The highest BCUT2D eigenvalue weighted by Crippen LogP contribution is 2.22. The van der Waals surface area contributed by atoms with Crippen LogP contribution in [-0.4, -0.2) is 65.5 Å². The molecule has 0 bridgehead atoms. The molecule has 7 nitrogen and oxygen atoms in total. The van der Waals surface area contributed by atoms with Gasteiger partial charge in [0.15, 0.2) is 0 Å². The standard InChI is InChI=1S/C12H20BrNO3.C10H19NO2/c1-12(2,3)17-11(16)9-4-6-14(7-5-9)10(15)8-13;1-10(2,3)13-9(12)8-4-6-11-7-5-8/h9H,4-8H2,1-3H3;8,11H,4-7H2,1-3H3. The summed E-state index contributed by atoms with van der Waals surface area (Å²) in [6.07, 6.45) is 3.23. The molecule has 0 aliphatic carbocycles. The monoisotopic (exact) mass is 490 g/mol. The second-order valence-corrected chi connectivity index (χ2v) is 10.4. The lowest BCUT2D eigenvalue weighted by Gasteiger charge is -2.32. The van der Waals surface area contributed by atoms with Crippen LogP contribution in [0, 0.1) is 11.8 Å². The van der Waals surface area contributed by atoms with E-state index in [0.717, 1.165) is 25.9 Å². The van der Waals surface area contributed by atoms with E-state index in [1.165, 1.54) is 0 Å². The first-order valence-corrected chi connectivity index (χ1v) is 11.9. The molecule has 1 amide bonds. The minimum absolute atomic E-state index is 0.0333. The van der Waals surface area contributed by atoms with Crippen LogP contribution < -0.4 is 5.32 Å². The van der Waals surface area contributed by atoms with Crippen LogP contribution >= 0.6 is 15.9 Å². The largest absolute Gasteiger partial charge is 0.460 e. The molecule has 0 aromatic heterocycles. The van der Waals surface area contributed by atoms with Crippen molar-refractivity contribution in [3.63, 3.8) is 0 Å². The first-order valence-electron chi connectivity index (χ1n) is 10.8. The quantitative estimate of drug-likeness (QED) is 0.482. The highest BCUT2D eigenvalue weighted by atomic mass is 79.9. The second-order valence-electron chi connectivity index (χ2n) is 9.88. The van der Waals surface area contributed by atoms with Crippen LogP contribution in [0.3, 0.4) is 0 Å². The number of hydrogen-bond donors (Lipinski definition) is 1. The van der Waals surface area contributed by atoms with E-state index in [9.17, 15) is 14.4 Å². The maximum absolute atomic E-state index is 11.8. The van der Waals surface area contributed by atoms with Gasteiger partial charge in [-0.25, -0.2) is 0 Å². The Morgan fingerprint density at radius 1 is 0.833 bits per heavy atom. The molecule has 2 heterocycles. The van der Waals surface area contributed by atoms with E-state index in [-0.39, 0.29) is 35.3 Å². The Morgan fingerprint density at radius 3 is 1.60 bits per heavy atom. The van der Waals surface area contributed by atoms with Crippen molar-refractivity contribution in [3.05, 3.63) is 0 Å². The van der Waals surface area contributed by atoms with Gasteiger partial charge in [-0.2, -0.15) is 0 Å². The molecule has 2 aliphatic heterocycles. The molecule has 0 saturated carbocycles. The molecule has 2 rings (SSSR count). The number of hydrogen-bond acceptors (Lipinski definition) is 6. The normalized spacial score (nSPS) is 18.8. The molecule has 30 heavy (non-hydrogen) atoms. The summed E-state index contributed by atoms with van der Waals surface area (Å²) in [5.41, 5.74) is -0.776. The topological polar surface area (TPSA) is 84.9 Å². The third-order valence-corrected chi connectivity index (χ3v) is 5.26. The highest BCUT2D eigenvalue weighted by Gasteiger charge is 2.30. The molecule has 174 valence electrons. The minimum Gasteiger partial charge on any atom is -0.460 e. The number of halogens is 1. The number of rotatable bonds is 3. The van der Waals surface area contributed by atoms with Crippen LogP contribution in [0.25, 0.3) is 0 Å². The zero-order valence-electron chi connectivity index (χ0n) is 19.4. The number of piperidine rings is 2. The number of nitrogens with one attached hydrogen (secondary N) is 1. The van der Waals surface area contributed by atoms with Gasteiger partial charge >= 0.3 is 11.9 Å². The number of likely N-dealkylation sites (tertiary alicyclic amines) is 1. The van der Waals surface area contributed by atoms with Crippen molar-refractivity contribution in [2.75, 3.05) is 31.5 Å². The molecule has 0 atom stereocenters. The molecule has 2 saturated heterocycles. The maximum atomic E-state index is 11.8. The summed E-state index contributed by atoms with van der Waals surface area (Å²) in [6.45, 7) is 14.5. The molecule has 0 radical (unpaired) electrons. The first-order chi connectivity index (χ1) is 13.8. The van der Waals surface area contributed by atoms with Gasteiger partial charge in [0.05, 0.1) is 17.2 Å². The smallest absolute Gasteiger partial charge is 0.309 e. The van der Waals surface area contributed by atoms with Crippen LogP contribution in [0.2, 0.25) is 0 Å². The minimum atomic E-state index is -0.431. The van der Waals surface area contributed by atoms with Crippen molar-refractivity contribution in [3.8, 4) is 0 Å². The summed E-state index contributed by atoms with van der Waals surface area (Å²) in [5, 5.41) is 3.58. The van der Waals surface area contributed by atoms with E-state index < -0.39 is 5.60 Å². The number of carbonyl (C=O) groups is 3. The summed E-state index contributed by atoms with van der Waals surface area (Å²) in [6, 6.07) is 0. The van der Waals surface area contributed by atoms with Gasteiger partial charge in [0.2, 0.25) is 5.91 Å². The Bertz CT molecular complexity index is 569. The van der Waals surface area contributed by atoms with Gasteiger partial charge in [-0.3, -0.25) is 14.4 Å². The van der Waals surface area contributed by atoms with E-state index in [4.69, 9.17) is 9.47 Å². The van der Waals surface area contributed by atoms with Crippen molar-refractivity contribution in [2.24, 2.45) is 11.8 Å². The van der Waals surface area contributed by atoms with Gasteiger partial charge in [-0.1, -0.05) is 15.9 Å². The molecule has 2 fully saturated rings. The van der Waals surface area contributed by atoms with Crippen LogP contribution in [0.5, 0.6) is 0 Å². The van der Waals surface area contributed by atoms with Crippen molar-refractivity contribution in [1.29, 1.82) is 0 Å². The molecule has 0 aromatic carbocycles. The van der Waals surface area contributed by atoms with Gasteiger partial charge in [-0.05, 0) is 80.3 Å². The van der Waals surface area contributed by atoms with Gasteiger partial charge < -0.3 is 19.7 Å². The lowest BCUT2D eigenvalue weighted by Crippen LogP contribution is -2.42. The summed E-state index contributed by atoms with van der Waals surface area (Å²) < 4.78 is 10.7. The molecule has 8 heteroatoms. The van der Waals surface area contributed by atoms with Crippen molar-refractivity contribution < 1.29 is 23.9 Å². The summed E-state index contributed by atoms with van der Waals surface area (Å²) in [5.74, 6) is -0.0286. The Kier molecular flexibility index (Phi) is 10.8. The zero-order chi connectivity index (χ0) is 22.9. The predicted molar refractivity (Wildman–Crippen MR) is 120 cm³/mol. The fraction of sp³-hybridized carbons (Fsp3) is 0.864. The van der Waals surface area contributed by atoms with Crippen LogP contribution in [0.4, 0.5) is 0 Å². The number of alkyl halides is 1. The van der Waals surface area contributed by atoms with E-state index in [2.05, 4.69) is 21.2 Å². The Labute approximate surface area is 189 Å². The lowest BCUT2D eigenvalue weighted by atomic mass is 9.96. The van der Waals surface area contributed by atoms with Crippen molar-refractivity contribution >= 4 is 33.8 Å². The van der Waals surface area contributed by atoms with E-state index in [1.54, 1.807) is 4.90 Å². The molecule has 0 spiro atoms. The molecule has 0 unspecified atom stereocenters. The Hall–Kier alpha value is -1.15. The van der Waals surface area contributed by atoms with E-state index in [1.807, 2.05) is 41.5 Å². The van der Waals surface area contributed by atoms with Crippen molar-refractivity contribution in [1.82, 2.24) is 10.2 Å². The average molecular weight is 491 g/mol. The third-order valence-electron chi connectivity index (χ3n) is 4.78. The number of esters is 2. The first kappa shape index (κ1) is 26.9. The zero-order valence-corrected chi connectivity index (χ0v) is 21.0. The number of ether oxygens (including phenoxy) is 2. The summed E-state index contributed by atoms with van der Waals surface area (Å²) in [7, 11) is 0. The fourth-order valence-electron chi connectivity index (χ4n) is 3.28. The SMILES string of the molecule is CC(C)(C)OC(=O)C1CCN(C(=O)CBr)CC1.CC(C)(C)OC(=O)C1CCNCC1. The number of amides is 1. The molecule has 0 aromatic rings. The van der Waals surface area contributed by atoms with Gasteiger partial charge in [-0.15, -0.1) is 0 Å². The van der Waals surface area contributed by atoms with E-state index in [0.29, 0.717) is 31.3 Å². The summed E-state index contributed by atoms with van der Waals surface area (Å²) >= 11 is 3.15. The van der Waals surface area contributed by atoms with Gasteiger partial charge in [0.1, 0.15) is 11.2 Å². The highest BCUT2D eigenvalue weighted by molar-refractivity contribution is 9.09. The third kappa shape index (κ3) is 10.8. The van der Waals surface area contributed by atoms with Gasteiger partial charge in [0.25, 0.3) is 0 Å². The lowest BCUT2D eigenvalue weighted by molar-refractivity contribution is -0.162. The molecule has 2 aliphatic rings. The maximum Gasteiger partial charge on any atom is 0.309 e. The fourth-order valence-corrected chi connectivity index (χ4v) is 3.63. The van der Waals surface area contributed by atoms with Crippen LogP contribution in [0.15, 0.2) is 0 Å². The number of nitrogens with zero attached hydrogens (tertiary/aromatic N) is 1. The Morgan fingerprint density at radius 2 is 1.23 bits per heavy atom. The van der Waals surface area contributed by atoms with Gasteiger partial charge in [0, 0.05) is 13.1 Å². The van der Waals surface area contributed by atoms with Crippen LogP contribution in [-0.2, 0) is 23.9 Å². The molecule has 1 N–H and O–H groups in total. The second kappa shape index (κ2) is 12.0. The van der Waals surface area contributed by atoms with Crippen LogP contribution in [0.1, 0.15) is 67.2 Å². The summed E-state index contributed by atoms with van der Waals surface area (Å²) in [4.78, 5) is 36.6.